The van der Waals surface area contributed by atoms with E-state index >= 15 is 0 Å². The molecular weight excluding hydrogens is 354 g/mol. The molecule has 142 valence electrons. The van der Waals surface area contributed by atoms with Crippen molar-refractivity contribution in [3.8, 4) is 5.75 Å². The summed E-state index contributed by atoms with van der Waals surface area (Å²) in [6, 6.07) is 6.34. The van der Waals surface area contributed by atoms with Crippen LogP contribution in [0.25, 0.3) is 0 Å². The minimum atomic E-state index is -2.84. The third-order valence-electron chi connectivity index (χ3n) is 4.35. The Morgan fingerprint density at radius 2 is 1.88 bits per heavy atom. The highest BCUT2D eigenvalue weighted by atomic mass is 35.5. The Kier molecular flexibility index (Phi) is 8.55. The van der Waals surface area contributed by atoms with Crippen molar-refractivity contribution < 1.29 is 23.0 Å². The Hall–Kier alpha value is -1.44. The molecule has 0 spiro atoms. The number of nitrogens with one attached hydrogen (secondary N) is 1. The van der Waals surface area contributed by atoms with Gasteiger partial charge in [-0.15, -0.1) is 12.4 Å². The molecule has 5 nitrogen and oxygen atoms in total. The molecule has 0 aliphatic carbocycles. The van der Waals surface area contributed by atoms with Crippen LogP contribution in [-0.2, 0) is 16.1 Å². The number of carbonyl (C=O) groups is 1. The molecule has 1 amide bonds. The number of halogens is 3. The number of methoxy groups -OCH3 is 1. The zero-order chi connectivity index (χ0) is 17.6. The molecule has 1 aliphatic heterocycles. The zero-order valence-electron chi connectivity index (χ0n) is 14.5. The van der Waals surface area contributed by atoms with Gasteiger partial charge in [0.1, 0.15) is 5.75 Å². The summed E-state index contributed by atoms with van der Waals surface area (Å²) < 4.78 is 34.0. The highest BCUT2D eigenvalue weighted by Crippen LogP contribution is 2.31. The number of nitrogens with zero attached hydrogens (tertiary/aromatic N) is 1. The number of hydrogen-bond donors (Lipinski definition) is 1. The van der Waals surface area contributed by atoms with Crippen LogP contribution in [0.4, 0.5) is 8.78 Å². The van der Waals surface area contributed by atoms with Crippen LogP contribution >= 0.6 is 12.4 Å². The lowest BCUT2D eigenvalue weighted by molar-refractivity contribution is -0.146. The van der Waals surface area contributed by atoms with Crippen LogP contribution in [0.5, 0.6) is 5.75 Å². The van der Waals surface area contributed by atoms with Gasteiger partial charge in [0.2, 0.25) is 5.91 Å². The number of alkyl halides is 2. The maximum Gasteiger partial charge on any atom is 0.387 e. The molecule has 0 unspecified atom stereocenters. The minimum Gasteiger partial charge on any atom is -0.435 e. The second kappa shape index (κ2) is 9.89. The molecule has 8 heteroatoms. The topological polar surface area (TPSA) is 50.8 Å². The molecule has 1 aromatic rings. The summed E-state index contributed by atoms with van der Waals surface area (Å²) in [6.07, 6.45) is 1.48. The quantitative estimate of drug-likeness (QED) is 0.792. The Labute approximate surface area is 153 Å². The first kappa shape index (κ1) is 21.6. The van der Waals surface area contributed by atoms with E-state index in [0.29, 0.717) is 13.2 Å². The standard InChI is InChI=1S/C17H24F2N2O3.ClH/c1-21(11-13-3-5-14(6-4-13)24-16(18)19)15(22)17(12-23-2)7-9-20-10-8-17;/h3-6,16,20H,7-12H2,1-2H3;1H. The minimum absolute atomic E-state index is 0. The average Bonchev–Trinajstić information content (AvgIpc) is 2.56. The first-order valence-corrected chi connectivity index (χ1v) is 7.96. The Balaban J connectivity index is 0.00000312. The second-order valence-corrected chi connectivity index (χ2v) is 6.15. The third kappa shape index (κ3) is 5.80. The number of rotatable bonds is 7. The van der Waals surface area contributed by atoms with Crippen LogP contribution in [0, 0.1) is 5.41 Å². The SMILES string of the molecule is COCC1(C(=O)N(C)Cc2ccc(OC(F)F)cc2)CCNCC1.Cl. The van der Waals surface area contributed by atoms with Crippen molar-refractivity contribution in [2.24, 2.45) is 5.41 Å². The molecule has 0 saturated carbocycles. The van der Waals surface area contributed by atoms with E-state index in [9.17, 15) is 13.6 Å². The van der Waals surface area contributed by atoms with Crippen molar-refractivity contribution in [1.82, 2.24) is 10.2 Å². The van der Waals surface area contributed by atoms with Gasteiger partial charge in [0.05, 0.1) is 12.0 Å². The molecule has 1 heterocycles. The van der Waals surface area contributed by atoms with Gasteiger partial charge in [-0.2, -0.15) is 8.78 Å². The summed E-state index contributed by atoms with van der Waals surface area (Å²) in [7, 11) is 3.37. The Morgan fingerprint density at radius 1 is 1.28 bits per heavy atom. The third-order valence-corrected chi connectivity index (χ3v) is 4.35. The van der Waals surface area contributed by atoms with Crippen LogP contribution in [0.3, 0.4) is 0 Å². The molecule has 0 aromatic heterocycles. The average molecular weight is 379 g/mol. The molecule has 0 radical (unpaired) electrons. The van der Waals surface area contributed by atoms with Crippen molar-refractivity contribution in [2.45, 2.75) is 26.0 Å². The van der Waals surface area contributed by atoms with Gasteiger partial charge in [0.15, 0.2) is 0 Å². The van der Waals surface area contributed by atoms with Crippen LogP contribution < -0.4 is 10.1 Å². The van der Waals surface area contributed by atoms with Gasteiger partial charge in [-0.1, -0.05) is 12.1 Å². The van der Waals surface area contributed by atoms with E-state index in [4.69, 9.17) is 4.74 Å². The Bertz CT molecular complexity index is 532. The fourth-order valence-corrected chi connectivity index (χ4v) is 3.13. The van der Waals surface area contributed by atoms with Gasteiger partial charge >= 0.3 is 6.61 Å². The molecular formula is C17H25ClF2N2O3. The lowest BCUT2D eigenvalue weighted by Crippen LogP contribution is -2.50. The summed E-state index contributed by atoms with van der Waals surface area (Å²) in [5.74, 6) is 0.163. The predicted molar refractivity (Wildman–Crippen MR) is 93.2 cm³/mol. The molecule has 0 bridgehead atoms. The van der Waals surface area contributed by atoms with Crippen molar-refractivity contribution in [2.75, 3.05) is 33.9 Å². The molecule has 1 saturated heterocycles. The second-order valence-electron chi connectivity index (χ2n) is 6.15. The van der Waals surface area contributed by atoms with Crippen LogP contribution in [0.2, 0.25) is 0 Å². The summed E-state index contributed by atoms with van der Waals surface area (Å²) >= 11 is 0. The van der Waals surface area contributed by atoms with Gasteiger partial charge in [-0.25, -0.2) is 0 Å². The number of piperidine rings is 1. The van der Waals surface area contributed by atoms with E-state index in [-0.39, 0.29) is 24.1 Å². The first-order valence-electron chi connectivity index (χ1n) is 7.96. The number of ether oxygens (including phenoxy) is 2. The summed E-state index contributed by atoms with van der Waals surface area (Å²) in [5.41, 5.74) is 0.363. The fourth-order valence-electron chi connectivity index (χ4n) is 3.13. The molecule has 1 aliphatic rings. The van der Waals surface area contributed by atoms with Crippen LogP contribution in [-0.4, -0.2) is 51.3 Å². The van der Waals surface area contributed by atoms with Gasteiger partial charge in [-0.3, -0.25) is 4.79 Å². The first-order chi connectivity index (χ1) is 11.5. The highest BCUT2D eigenvalue weighted by molar-refractivity contribution is 5.85. The van der Waals surface area contributed by atoms with Crippen LogP contribution in [0.1, 0.15) is 18.4 Å². The normalized spacial score (nSPS) is 16.2. The van der Waals surface area contributed by atoms with E-state index in [1.165, 1.54) is 12.1 Å². The van der Waals surface area contributed by atoms with Crippen molar-refractivity contribution >= 4 is 18.3 Å². The number of amides is 1. The van der Waals surface area contributed by atoms with Gasteiger partial charge in [-0.05, 0) is 43.6 Å². The zero-order valence-corrected chi connectivity index (χ0v) is 15.3. The molecule has 1 N–H and O–H groups in total. The lowest BCUT2D eigenvalue weighted by atomic mass is 9.78. The summed E-state index contributed by atoms with van der Waals surface area (Å²) in [6.45, 7) is -0.439. The molecule has 1 aromatic carbocycles. The monoisotopic (exact) mass is 378 g/mol. The van der Waals surface area contributed by atoms with E-state index in [2.05, 4.69) is 10.1 Å². The number of hydrogen-bond acceptors (Lipinski definition) is 4. The molecule has 1 fully saturated rings. The largest absolute Gasteiger partial charge is 0.435 e. The maximum atomic E-state index is 12.9. The van der Waals surface area contributed by atoms with Crippen LogP contribution in [0.15, 0.2) is 24.3 Å². The number of benzene rings is 1. The maximum absolute atomic E-state index is 12.9. The van der Waals surface area contributed by atoms with E-state index in [1.807, 2.05) is 0 Å². The molecule has 0 atom stereocenters. The molecule has 2 rings (SSSR count). The van der Waals surface area contributed by atoms with Gasteiger partial charge < -0.3 is 19.7 Å². The predicted octanol–water partition coefficient (Wildman–Crippen LogP) is 2.68. The lowest BCUT2D eigenvalue weighted by Gasteiger charge is -2.38. The highest BCUT2D eigenvalue weighted by Gasteiger charge is 2.41. The fraction of sp³-hybridized carbons (Fsp3) is 0.588. The van der Waals surface area contributed by atoms with E-state index in [1.54, 1.807) is 31.2 Å². The van der Waals surface area contributed by atoms with Gasteiger partial charge in [0.25, 0.3) is 0 Å². The smallest absolute Gasteiger partial charge is 0.387 e. The van der Waals surface area contributed by atoms with E-state index < -0.39 is 12.0 Å². The van der Waals surface area contributed by atoms with Crippen molar-refractivity contribution in [1.29, 1.82) is 0 Å². The van der Waals surface area contributed by atoms with Gasteiger partial charge in [0, 0.05) is 20.7 Å². The molecule has 25 heavy (non-hydrogen) atoms. The summed E-state index contributed by atoms with van der Waals surface area (Å²) in [4.78, 5) is 14.6. The summed E-state index contributed by atoms with van der Waals surface area (Å²) in [5, 5.41) is 3.26. The number of carbonyl (C=O) groups excluding carboxylic acids is 1. The van der Waals surface area contributed by atoms with E-state index in [0.717, 1.165) is 31.5 Å². The van der Waals surface area contributed by atoms with Crippen molar-refractivity contribution in [3.63, 3.8) is 0 Å². The van der Waals surface area contributed by atoms with Crippen molar-refractivity contribution in [3.05, 3.63) is 29.8 Å². The Morgan fingerprint density at radius 3 is 2.40 bits per heavy atom.